The van der Waals surface area contributed by atoms with Gasteiger partial charge in [0.2, 0.25) is 0 Å². The SMILES string of the molecule is O=C(N[C@H](CN1CCCC1)c1ccccc1)N1CC[C@@H](N2CC=CC2)C1. The average Bonchev–Trinajstić information content (AvgIpc) is 3.42. The van der Waals surface area contributed by atoms with E-state index in [0.717, 1.165) is 52.2 Å². The molecule has 1 aromatic carbocycles. The minimum Gasteiger partial charge on any atom is -0.330 e. The van der Waals surface area contributed by atoms with Gasteiger partial charge in [-0.15, -0.1) is 0 Å². The van der Waals surface area contributed by atoms with E-state index in [1.54, 1.807) is 0 Å². The van der Waals surface area contributed by atoms with Crippen LogP contribution in [0.1, 0.15) is 30.9 Å². The molecule has 0 spiro atoms. The average molecular weight is 354 g/mol. The van der Waals surface area contributed by atoms with Gasteiger partial charge in [-0.2, -0.15) is 0 Å². The number of hydrogen-bond acceptors (Lipinski definition) is 3. The Hall–Kier alpha value is -1.85. The van der Waals surface area contributed by atoms with Crippen LogP contribution in [0.4, 0.5) is 4.79 Å². The highest BCUT2D eigenvalue weighted by molar-refractivity contribution is 5.75. The Bertz CT molecular complexity index is 618. The van der Waals surface area contributed by atoms with Crippen LogP contribution >= 0.6 is 0 Å². The molecule has 0 aromatic heterocycles. The predicted molar refractivity (Wildman–Crippen MR) is 104 cm³/mol. The van der Waals surface area contributed by atoms with Gasteiger partial charge in [-0.1, -0.05) is 42.5 Å². The van der Waals surface area contributed by atoms with Gasteiger partial charge in [-0.3, -0.25) is 4.90 Å². The molecule has 26 heavy (non-hydrogen) atoms. The Morgan fingerprint density at radius 1 is 1.08 bits per heavy atom. The molecule has 0 saturated carbocycles. The van der Waals surface area contributed by atoms with Crippen molar-refractivity contribution in [1.29, 1.82) is 0 Å². The van der Waals surface area contributed by atoms with Crippen LogP contribution < -0.4 is 5.32 Å². The molecule has 1 aromatic rings. The maximum Gasteiger partial charge on any atom is 0.317 e. The number of hydrogen-bond donors (Lipinski definition) is 1. The van der Waals surface area contributed by atoms with Gasteiger partial charge in [-0.05, 0) is 37.9 Å². The Kier molecular flexibility index (Phi) is 5.56. The molecule has 0 aliphatic carbocycles. The molecule has 2 atom stereocenters. The number of carbonyl (C=O) groups is 1. The van der Waals surface area contributed by atoms with Gasteiger partial charge in [0.05, 0.1) is 6.04 Å². The second-order valence-corrected chi connectivity index (χ2v) is 7.73. The summed E-state index contributed by atoms with van der Waals surface area (Å²) in [6.45, 7) is 6.96. The summed E-state index contributed by atoms with van der Waals surface area (Å²) in [6, 6.07) is 11.1. The lowest BCUT2D eigenvalue weighted by molar-refractivity contribution is 0.191. The summed E-state index contributed by atoms with van der Waals surface area (Å²) in [7, 11) is 0. The summed E-state index contributed by atoms with van der Waals surface area (Å²) in [6.07, 6.45) is 8.08. The molecule has 3 aliphatic heterocycles. The normalized spacial score (nSPS) is 25.1. The van der Waals surface area contributed by atoms with Crippen LogP contribution in [0.15, 0.2) is 42.5 Å². The van der Waals surface area contributed by atoms with Gasteiger partial charge in [0, 0.05) is 38.8 Å². The summed E-state index contributed by atoms with van der Waals surface area (Å²) in [5, 5.41) is 3.32. The fourth-order valence-electron chi connectivity index (χ4n) is 4.40. The number of carbonyl (C=O) groups excluding carboxylic acids is 1. The fourth-order valence-corrected chi connectivity index (χ4v) is 4.40. The molecule has 2 saturated heterocycles. The van der Waals surface area contributed by atoms with Crippen molar-refractivity contribution in [1.82, 2.24) is 20.0 Å². The third-order valence-corrected chi connectivity index (χ3v) is 5.95. The second kappa shape index (κ2) is 8.23. The smallest absolute Gasteiger partial charge is 0.317 e. The Labute approximate surface area is 156 Å². The minimum absolute atomic E-state index is 0.0642. The number of nitrogens with one attached hydrogen (secondary N) is 1. The maximum absolute atomic E-state index is 12.9. The number of rotatable bonds is 5. The fraction of sp³-hybridized carbons (Fsp3) is 0.571. The van der Waals surface area contributed by atoms with E-state index in [1.165, 1.54) is 18.4 Å². The Balaban J connectivity index is 1.37. The largest absolute Gasteiger partial charge is 0.330 e. The van der Waals surface area contributed by atoms with Crippen LogP contribution in [-0.4, -0.2) is 72.6 Å². The standard InChI is InChI=1S/C21H30N4O/c26-21(25-15-10-19(16-25)24-13-6-7-14-24)22-20(17-23-11-4-5-12-23)18-8-2-1-3-9-18/h1-3,6-9,19-20H,4-5,10-17H2,(H,22,26)/t19-,20-/m1/s1. The molecule has 0 bridgehead atoms. The van der Waals surface area contributed by atoms with Crippen LogP contribution in [0.25, 0.3) is 0 Å². The van der Waals surface area contributed by atoms with Crippen molar-refractivity contribution >= 4 is 6.03 Å². The zero-order chi connectivity index (χ0) is 17.8. The highest BCUT2D eigenvalue weighted by Gasteiger charge is 2.31. The van der Waals surface area contributed by atoms with E-state index in [0.29, 0.717) is 6.04 Å². The van der Waals surface area contributed by atoms with E-state index in [9.17, 15) is 4.79 Å². The summed E-state index contributed by atoms with van der Waals surface area (Å²) >= 11 is 0. The molecule has 0 unspecified atom stereocenters. The number of nitrogens with zero attached hydrogens (tertiary/aromatic N) is 3. The first-order chi connectivity index (χ1) is 12.8. The van der Waals surface area contributed by atoms with E-state index in [1.807, 2.05) is 11.0 Å². The molecule has 2 amide bonds. The third-order valence-electron chi connectivity index (χ3n) is 5.95. The third kappa shape index (κ3) is 4.10. The molecule has 140 valence electrons. The lowest BCUT2D eigenvalue weighted by Gasteiger charge is -2.28. The van der Waals surface area contributed by atoms with E-state index in [-0.39, 0.29) is 12.1 Å². The van der Waals surface area contributed by atoms with Gasteiger partial charge in [0.25, 0.3) is 0 Å². The van der Waals surface area contributed by atoms with E-state index < -0.39 is 0 Å². The van der Waals surface area contributed by atoms with Crippen molar-refractivity contribution in [2.24, 2.45) is 0 Å². The van der Waals surface area contributed by atoms with Crippen LogP contribution in [0, 0.1) is 0 Å². The number of benzene rings is 1. The van der Waals surface area contributed by atoms with Gasteiger partial charge in [0.1, 0.15) is 0 Å². The van der Waals surface area contributed by atoms with Crippen molar-refractivity contribution in [2.75, 3.05) is 45.8 Å². The highest BCUT2D eigenvalue weighted by Crippen LogP contribution is 2.21. The lowest BCUT2D eigenvalue weighted by Crippen LogP contribution is -2.45. The van der Waals surface area contributed by atoms with E-state index in [2.05, 4.69) is 51.5 Å². The molecule has 2 fully saturated rings. The van der Waals surface area contributed by atoms with Gasteiger partial charge in [-0.25, -0.2) is 4.79 Å². The maximum atomic E-state index is 12.9. The molecule has 5 nitrogen and oxygen atoms in total. The van der Waals surface area contributed by atoms with Crippen molar-refractivity contribution < 1.29 is 4.79 Å². The lowest BCUT2D eigenvalue weighted by atomic mass is 10.1. The van der Waals surface area contributed by atoms with Crippen LogP contribution in [-0.2, 0) is 0 Å². The number of likely N-dealkylation sites (tertiary alicyclic amines) is 2. The first-order valence-electron chi connectivity index (χ1n) is 10.0. The molecule has 4 rings (SSSR count). The number of amides is 2. The molecule has 3 heterocycles. The summed E-state index contributed by atoms with van der Waals surface area (Å²) in [4.78, 5) is 19.9. The van der Waals surface area contributed by atoms with Crippen molar-refractivity contribution in [3.63, 3.8) is 0 Å². The summed E-state index contributed by atoms with van der Waals surface area (Å²) < 4.78 is 0. The quantitative estimate of drug-likeness (QED) is 0.826. The Morgan fingerprint density at radius 2 is 1.81 bits per heavy atom. The van der Waals surface area contributed by atoms with Gasteiger partial charge >= 0.3 is 6.03 Å². The van der Waals surface area contributed by atoms with E-state index in [4.69, 9.17) is 0 Å². The van der Waals surface area contributed by atoms with E-state index >= 15 is 0 Å². The van der Waals surface area contributed by atoms with Gasteiger partial charge < -0.3 is 15.1 Å². The molecule has 5 heteroatoms. The highest BCUT2D eigenvalue weighted by atomic mass is 16.2. The van der Waals surface area contributed by atoms with Crippen molar-refractivity contribution in [3.05, 3.63) is 48.0 Å². The summed E-state index contributed by atoms with van der Waals surface area (Å²) in [5.41, 5.74) is 1.20. The molecular weight excluding hydrogens is 324 g/mol. The predicted octanol–water partition coefficient (Wildman–Crippen LogP) is 2.48. The molecule has 1 N–H and O–H groups in total. The first kappa shape index (κ1) is 17.6. The minimum atomic E-state index is 0.0642. The topological polar surface area (TPSA) is 38.8 Å². The zero-order valence-electron chi connectivity index (χ0n) is 15.5. The first-order valence-corrected chi connectivity index (χ1v) is 10.0. The molecular formula is C21H30N4O. The van der Waals surface area contributed by atoms with Crippen LogP contribution in [0.5, 0.6) is 0 Å². The number of urea groups is 1. The Morgan fingerprint density at radius 3 is 2.54 bits per heavy atom. The van der Waals surface area contributed by atoms with Crippen LogP contribution in [0.2, 0.25) is 0 Å². The zero-order valence-corrected chi connectivity index (χ0v) is 15.5. The second-order valence-electron chi connectivity index (χ2n) is 7.73. The monoisotopic (exact) mass is 354 g/mol. The molecule has 3 aliphatic rings. The van der Waals surface area contributed by atoms with Crippen LogP contribution in [0.3, 0.4) is 0 Å². The summed E-state index contributed by atoms with van der Waals surface area (Å²) in [5.74, 6) is 0. The van der Waals surface area contributed by atoms with Gasteiger partial charge in [0.15, 0.2) is 0 Å². The van der Waals surface area contributed by atoms with Crippen molar-refractivity contribution in [2.45, 2.75) is 31.3 Å². The molecule has 0 radical (unpaired) electrons. The van der Waals surface area contributed by atoms with Crippen molar-refractivity contribution in [3.8, 4) is 0 Å².